The lowest BCUT2D eigenvalue weighted by Gasteiger charge is -2.18. The van der Waals surface area contributed by atoms with Crippen LogP contribution in [-0.4, -0.2) is 24.3 Å². The summed E-state index contributed by atoms with van der Waals surface area (Å²) in [5, 5.41) is 3.73. The normalized spacial score (nSPS) is 13.0. The van der Waals surface area contributed by atoms with Crippen LogP contribution in [0.1, 0.15) is 17.0 Å². The molecule has 0 saturated carbocycles. The lowest BCUT2D eigenvalue weighted by Crippen LogP contribution is -2.15. The van der Waals surface area contributed by atoms with Crippen molar-refractivity contribution in [2.24, 2.45) is 0 Å². The number of esters is 1. The third-order valence-electron chi connectivity index (χ3n) is 3.01. The molecule has 6 nitrogen and oxygen atoms in total. The van der Waals surface area contributed by atoms with Gasteiger partial charge in [-0.15, -0.1) is 0 Å². The van der Waals surface area contributed by atoms with Crippen molar-refractivity contribution in [1.82, 2.24) is 5.16 Å². The molecule has 0 atom stereocenters. The number of aromatic nitrogens is 1. The molecule has 0 amide bonds. The Labute approximate surface area is 121 Å². The number of hydrogen-bond acceptors (Lipinski definition) is 6. The van der Waals surface area contributed by atoms with Gasteiger partial charge in [-0.3, -0.25) is 4.79 Å². The van der Waals surface area contributed by atoms with Crippen molar-refractivity contribution in [2.75, 3.05) is 13.2 Å². The smallest absolute Gasteiger partial charge is 0.310 e. The maximum absolute atomic E-state index is 11.8. The Morgan fingerprint density at radius 3 is 2.81 bits per heavy atom. The molecule has 0 bridgehead atoms. The minimum absolute atomic E-state index is 0.0875. The zero-order valence-corrected chi connectivity index (χ0v) is 11.6. The van der Waals surface area contributed by atoms with Gasteiger partial charge in [0, 0.05) is 6.07 Å². The molecule has 1 aliphatic rings. The first-order chi connectivity index (χ1) is 10.2. The van der Waals surface area contributed by atoms with Crippen molar-refractivity contribution in [2.45, 2.75) is 20.0 Å². The van der Waals surface area contributed by atoms with Crippen molar-refractivity contribution < 1.29 is 23.5 Å². The van der Waals surface area contributed by atoms with Gasteiger partial charge in [-0.25, -0.2) is 0 Å². The number of fused-ring (bicyclic) bond motifs is 1. The van der Waals surface area contributed by atoms with Gasteiger partial charge < -0.3 is 18.7 Å². The minimum Gasteiger partial charge on any atom is -0.486 e. The molecular formula is C15H15NO5. The molecule has 0 spiro atoms. The molecule has 6 heteroatoms. The Morgan fingerprint density at radius 1 is 1.24 bits per heavy atom. The maximum Gasteiger partial charge on any atom is 0.310 e. The van der Waals surface area contributed by atoms with Gasteiger partial charge in [-0.05, 0) is 24.6 Å². The predicted octanol–water partition coefficient (Wildman–Crippen LogP) is 2.04. The summed E-state index contributed by atoms with van der Waals surface area (Å²) < 4.78 is 21.0. The van der Waals surface area contributed by atoms with E-state index in [-0.39, 0.29) is 19.0 Å². The summed E-state index contributed by atoms with van der Waals surface area (Å²) in [7, 11) is 0. The molecule has 0 N–H and O–H groups in total. The summed E-state index contributed by atoms with van der Waals surface area (Å²) in [6.45, 7) is 2.96. The summed E-state index contributed by atoms with van der Waals surface area (Å²) in [5.41, 5.74) is 1.57. The average Bonchev–Trinajstić information content (AvgIpc) is 2.91. The van der Waals surface area contributed by atoms with Gasteiger partial charge in [0.25, 0.3) is 0 Å². The monoisotopic (exact) mass is 289 g/mol. The highest BCUT2D eigenvalue weighted by Crippen LogP contribution is 2.30. The van der Waals surface area contributed by atoms with Crippen molar-refractivity contribution >= 4 is 5.97 Å². The van der Waals surface area contributed by atoms with Crippen molar-refractivity contribution in [1.29, 1.82) is 0 Å². The fourth-order valence-electron chi connectivity index (χ4n) is 2.05. The molecule has 110 valence electrons. The first kappa shape index (κ1) is 13.5. The van der Waals surface area contributed by atoms with Gasteiger partial charge in [0.05, 0.1) is 12.1 Å². The summed E-state index contributed by atoms with van der Waals surface area (Å²) in [6, 6.07) is 7.16. The Bertz CT molecular complexity index is 649. The highest BCUT2D eigenvalue weighted by Gasteiger charge is 2.14. The van der Waals surface area contributed by atoms with Crippen LogP contribution in [0, 0.1) is 6.92 Å². The quantitative estimate of drug-likeness (QED) is 0.802. The molecule has 0 unspecified atom stereocenters. The van der Waals surface area contributed by atoms with E-state index in [0.29, 0.717) is 30.5 Å². The minimum atomic E-state index is -0.333. The highest BCUT2D eigenvalue weighted by atomic mass is 16.6. The summed E-state index contributed by atoms with van der Waals surface area (Å²) >= 11 is 0. The second-order valence-electron chi connectivity index (χ2n) is 4.75. The molecule has 0 aliphatic carbocycles. The van der Waals surface area contributed by atoms with E-state index >= 15 is 0 Å². The highest BCUT2D eigenvalue weighted by molar-refractivity contribution is 5.73. The predicted molar refractivity (Wildman–Crippen MR) is 72.2 cm³/mol. The zero-order valence-electron chi connectivity index (χ0n) is 11.6. The zero-order chi connectivity index (χ0) is 14.7. The third-order valence-corrected chi connectivity index (χ3v) is 3.01. The van der Waals surface area contributed by atoms with Crippen molar-refractivity contribution in [3.8, 4) is 11.5 Å². The van der Waals surface area contributed by atoms with E-state index in [4.69, 9.17) is 18.7 Å². The maximum atomic E-state index is 11.8. The Morgan fingerprint density at radius 2 is 2.05 bits per heavy atom. The molecule has 2 aromatic rings. The van der Waals surface area contributed by atoms with Crippen LogP contribution in [0.25, 0.3) is 0 Å². The number of hydrogen-bond donors (Lipinski definition) is 0. The third kappa shape index (κ3) is 3.34. The van der Waals surface area contributed by atoms with Crippen LogP contribution in [0.2, 0.25) is 0 Å². The van der Waals surface area contributed by atoms with Crippen LogP contribution in [0.15, 0.2) is 28.8 Å². The molecule has 1 aliphatic heterocycles. The van der Waals surface area contributed by atoms with Crippen molar-refractivity contribution in [3.05, 3.63) is 41.3 Å². The standard InChI is InChI=1S/C15H15NO5/c1-10-6-12(21-16-10)9-20-15(17)8-11-2-3-13-14(7-11)19-5-4-18-13/h2-3,6-7H,4-5,8-9H2,1H3. The summed E-state index contributed by atoms with van der Waals surface area (Å²) in [6.07, 6.45) is 0.170. The van der Waals surface area contributed by atoms with E-state index in [0.717, 1.165) is 11.3 Å². The Kier molecular flexibility index (Phi) is 3.77. The van der Waals surface area contributed by atoms with E-state index < -0.39 is 0 Å². The SMILES string of the molecule is Cc1cc(COC(=O)Cc2ccc3c(c2)OCCO3)on1. The molecule has 2 heterocycles. The fraction of sp³-hybridized carbons (Fsp3) is 0.333. The van der Waals surface area contributed by atoms with Gasteiger partial charge in [0.1, 0.15) is 13.2 Å². The number of rotatable bonds is 4. The Balaban J connectivity index is 1.57. The lowest BCUT2D eigenvalue weighted by atomic mass is 10.1. The van der Waals surface area contributed by atoms with Crippen LogP contribution in [0.3, 0.4) is 0 Å². The number of benzene rings is 1. The number of ether oxygens (including phenoxy) is 3. The van der Waals surface area contributed by atoms with E-state index in [1.54, 1.807) is 18.2 Å². The molecule has 0 radical (unpaired) electrons. The van der Waals surface area contributed by atoms with Crippen LogP contribution in [-0.2, 0) is 22.6 Å². The second-order valence-corrected chi connectivity index (χ2v) is 4.75. The number of carbonyl (C=O) groups excluding carboxylic acids is 1. The summed E-state index contributed by atoms with van der Waals surface area (Å²) in [5.74, 6) is 1.57. The van der Waals surface area contributed by atoms with E-state index in [1.165, 1.54) is 0 Å². The number of aryl methyl sites for hydroxylation is 1. The van der Waals surface area contributed by atoms with Crippen molar-refractivity contribution in [3.63, 3.8) is 0 Å². The van der Waals surface area contributed by atoms with Gasteiger partial charge >= 0.3 is 5.97 Å². The first-order valence-electron chi connectivity index (χ1n) is 6.67. The van der Waals surface area contributed by atoms with Crippen LogP contribution in [0.5, 0.6) is 11.5 Å². The van der Waals surface area contributed by atoms with E-state index in [2.05, 4.69) is 5.16 Å². The van der Waals surface area contributed by atoms with Gasteiger partial charge in [-0.2, -0.15) is 0 Å². The summed E-state index contributed by atoms with van der Waals surface area (Å²) in [4.78, 5) is 11.8. The van der Waals surface area contributed by atoms with Crippen LogP contribution >= 0.6 is 0 Å². The average molecular weight is 289 g/mol. The molecular weight excluding hydrogens is 274 g/mol. The molecule has 0 fully saturated rings. The second kappa shape index (κ2) is 5.87. The Hall–Kier alpha value is -2.50. The van der Waals surface area contributed by atoms with Gasteiger partial charge in [0.15, 0.2) is 23.9 Å². The first-order valence-corrected chi connectivity index (χ1v) is 6.67. The lowest BCUT2D eigenvalue weighted by molar-refractivity contribution is -0.144. The topological polar surface area (TPSA) is 70.8 Å². The largest absolute Gasteiger partial charge is 0.486 e. The van der Waals surface area contributed by atoms with E-state index in [1.807, 2.05) is 13.0 Å². The molecule has 0 saturated heterocycles. The van der Waals surface area contributed by atoms with Crippen LogP contribution < -0.4 is 9.47 Å². The fourth-order valence-corrected chi connectivity index (χ4v) is 2.05. The van der Waals surface area contributed by atoms with Crippen LogP contribution in [0.4, 0.5) is 0 Å². The van der Waals surface area contributed by atoms with Gasteiger partial charge in [0.2, 0.25) is 0 Å². The van der Waals surface area contributed by atoms with Gasteiger partial charge in [-0.1, -0.05) is 11.2 Å². The molecule has 1 aromatic heterocycles. The molecule has 1 aromatic carbocycles. The number of nitrogens with zero attached hydrogens (tertiary/aromatic N) is 1. The number of carbonyl (C=O) groups is 1. The molecule has 21 heavy (non-hydrogen) atoms. The van der Waals surface area contributed by atoms with E-state index in [9.17, 15) is 4.79 Å². The molecule has 3 rings (SSSR count).